The second kappa shape index (κ2) is 8.27. The lowest BCUT2D eigenvalue weighted by Gasteiger charge is -2.15. The number of halogens is 3. The van der Waals surface area contributed by atoms with Gasteiger partial charge in [0.1, 0.15) is 6.61 Å². The molecule has 1 unspecified atom stereocenters. The first-order valence-corrected chi connectivity index (χ1v) is 6.81. The molecule has 1 aromatic carbocycles. The third kappa shape index (κ3) is 7.50. The van der Waals surface area contributed by atoms with Gasteiger partial charge < -0.3 is 10.5 Å². The van der Waals surface area contributed by atoms with Crippen molar-refractivity contribution in [2.45, 2.75) is 32.4 Å². The fourth-order valence-corrected chi connectivity index (χ4v) is 2.14. The summed E-state index contributed by atoms with van der Waals surface area (Å²) in [4.78, 5) is 0. The van der Waals surface area contributed by atoms with Gasteiger partial charge in [0.15, 0.2) is 0 Å². The molecular formula is C15H22F3NO. The molecule has 0 amide bonds. The summed E-state index contributed by atoms with van der Waals surface area (Å²) in [5, 5.41) is 0. The zero-order valence-corrected chi connectivity index (χ0v) is 11.7. The Labute approximate surface area is 118 Å². The van der Waals surface area contributed by atoms with Crippen LogP contribution in [-0.2, 0) is 11.2 Å². The van der Waals surface area contributed by atoms with E-state index in [9.17, 15) is 13.2 Å². The standard InChI is InChI=1S/C15H22F3NO/c1-12-4-2-5-13(8-12)9-14(10-19)6-3-7-20-11-15(16,17)18/h2,4-5,8,14H,3,6-7,9-11,19H2,1H3. The first kappa shape index (κ1) is 17.0. The fraction of sp³-hybridized carbons (Fsp3) is 0.600. The number of hydrogen-bond donors (Lipinski definition) is 1. The number of rotatable bonds is 8. The molecule has 0 aliphatic rings. The van der Waals surface area contributed by atoms with Crippen LogP contribution in [0.25, 0.3) is 0 Å². The average Bonchev–Trinajstić information content (AvgIpc) is 2.35. The molecule has 5 heteroatoms. The van der Waals surface area contributed by atoms with Crippen LogP contribution in [0.2, 0.25) is 0 Å². The van der Waals surface area contributed by atoms with Gasteiger partial charge in [-0.15, -0.1) is 0 Å². The summed E-state index contributed by atoms with van der Waals surface area (Å²) >= 11 is 0. The predicted octanol–water partition coefficient (Wildman–Crippen LogP) is 3.47. The lowest BCUT2D eigenvalue weighted by atomic mass is 9.94. The molecule has 0 saturated carbocycles. The van der Waals surface area contributed by atoms with E-state index in [-0.39, 0.29) is 12.5 Å². The van der Waals surface area contributed by atoms with Gasteiger partial charge in [0.2, 0.25) is 0 Å². The molecule has 1 atom stereocenters. The van der Waals surface area contributed by atoms with Crippen LogP contribution in [0.15, 0.2) is 24.3 Å². The van der Waals surface area contributed by atoms with E-state index in [4.69, 9.17) is 5.73 Å². The lowest BCUT2D eigenvalue weighted by Crippen LogP contribution is -2.19. The van der Waals surface area contributed by atoms with Crippen molar-refractivity contribution in [3.8, 4) is 0 Å². The first-order valence-electron chi connectivity index (χ1n) is 6.81. The van der Waals surface area contributed by atoms with E-state index in [0.29, 0.717) is 13.0 Å². The highest BCUT2D eigenvalue weighted by Gasteiger charge is 2.27. The quantitative estimate of drug-likeness (QED) is 0.744. The van der Waals surface area contributed by atoms with E-state index < -0.39 is 12.8 Å². The van der Waals surface area contributed by atoms with Gasteiger partial charge in [0.25, 0.3) is 0 Å². The van der Waals surface area contributed by atoms with Crippen molar-refractivity contribution < 1.29 is 17.9 Å². The summed E-state index contributed by atoms with van der Waals surface area (Å²) in [5.74, 6) is 0.284. The molecule has 0 saturated heterocycles. The van der Waals surface area contributed by atoms with Crippen LogP contribution in [0.1, 0.15) is 24.0 Å². The van der Waals surface area contributed by atoms with E-state index >= 15 is 0 Å². The Morgan fingerprint density at radius 1 is 1.30 bits per heavy atom. The van der Waals surface area contributed by atoms with Crippen LogP contribution in [0, 0.1) is 12.8 Å². The fourth-order valence-electron chi connectivity index (χ4n) is 2.14. The summed E-state index contributed by atoms with van der Waals surface area (Å²) in [5.41, 5.74) is 8.14. The van der Waals surface area contributed by atoms with Gasteiger partial charge in [-0.05, 0) is 44.2 Å². The normalized spacial score (nSPS) is 13.4. The zero-order chi connectivity index (χ0) is 15.0. The van der Waals surface area contributed by atoms with E-state index in [1.807, 2.05) is 19.1 Å². The minimum Gasteiger partial charge on any atom is -0.372 e. The van der Waals surface area contributed by atoms with Gasteiger partial charge in [-0.25, -0.2) is 0 Å². The number of benzene rings is 1. The van der Waals surface area contributed by atoms with Gasteiger partial charge in [-0.2, -0.15) is 13.2 Å². The summed E-state index contributed by atoms with van der Waals surface area (Å²) in [6, 6.07) is 8.20. The first-order chi connectivity index (χ1) is 9.40. The van der Waals surface area contributed by atoms with Gasteiger partial charge >= 0.3 is 6.18 Å². The molecular weight excluding hydrogens is 267 g/mol. The van der Waals surface area contributed by atoms with Gasteiger partial charge in [-0.3, -0.25) is 0 Å². The van der Waals surface area contributed by atoms with Crippen LogP contribution >= 0.6 is 0 Å². The third-order valence-corrected chi connectivity index (χ3v) is 3.11. The Bertz CT molecular complexity index is 393. The minimum absolute atomic E-state index is 0.129. The predicted molar refractivity (Wildman–Crippen MR) is 73.5 cm³/mol. The number of ether oxygens (including phenoxy) is 1. The molecule has 1 aromatic rings. The third-order valence-electron chi connectivity index (χ3n) is 3.11. The Kier molecular flexibility index (Phi) is 7.02. The molecule has 2 N–H and O–H groups in total. The SMILES string of the molecule is Cc1cccc(CC(CN)CCCOCC(F)(F)F)c1. The van der Waals surface area contributed by atoms with E-state index in [1.165, 1.54) is 11.1 Å². The van der Waals surface area contributed by atoms with Crippen molar-refractivity contribution in [2.24, 2.45) is 11.7 Å². The van der Waals surface area contributed by atoms with Crippen LogP contribution in [0.3, 0.4) is 0 Å². The highest BCUT2D eigenvalue weighted by Crippen LogP contribution is 2.17. The van der Waals surface area contributed by atoms with Crippen LogP contribution < -0.4 is 5.73 Å². The molecule has 0 aliphatic carbocycles. The molecule has 20 heavy (non-hydrogen) atoms. The highest BCUT2D eigenvalue weighted by molar-refractivity contribution is 5.22. The largest absolute Gasteiger partial charge is 0.411 e. The molecule has 0 aliphatic heterocycles. The Morgan fingerprint density at radius 2 is 2.05 bits per heavy atom. The number of alkyl halides is 3. The van der Waals surface area contributed by atoms with Crippen LogP contribution in [-0.4, -0.2) is 25.9 Å². The van der Waals surface area contributed by atoms with Crippen molar-refractivity contribution >= 4 is 0 Å². The average molecular weight is 289 g/mol. The van der Waals surface area contributed by atoms with Gasteiger partial charge in [0.05, 0.1) is 0 Å². The molecule has 0 aromatic heterocycles. The smallest absolute Gasteiger partial charge is 0.372 e. The maximum Gasteiger partial charge on any atom is 0.411 e. The molecule has 0 fully saturated rings. The Morgan fingerprint density at radius 3 is 2.65 bits per heavy atom. The zero-order valence-electron chi connectivity index (χ0n) is 11.7. The molecule has 0 spiro atoms. The molecule has 0 heterocycles. The monoisotopic (exact) mass is 289 g/mol. The summed E-state index contributed by atoms with van der Waals surface area (Å²) in [6.45, 7) is 1.53. The maximum atomic E-state index is 11.9. The van der Waals surface area contributed by atoms with Crippen molar-refractivity contribution in [1.29, 1.82) is 0 Å². The van der Waals surface area contributed by atoms with Crippen LogP contribution in [0.4, 0.5) is 13.2 Å². The summed E-state index contributed by atoms with van der Waals surface area (Å²) in [7, 11) is 0. The van der Waals surface area contributed by atoms with E-state index in [0.717, 1.165) is 12.8 Å². The summed E-state index contributed by atoms with van der Waals surface area (Å²) in [6.07, 6.45) is -2.00. The second-order valence-electron chi connectivity index (χ2n) is 5.10. The van der Waals surface area contributed by atoms with Crippen molar-refractivity contribution in [3.63, 3.8) is 0 Å². The second-order valence-corrected chi connectivity index (χ2v) is 5.10. The van der Waals surface area contributed by atoms with E-state index in [1.54, 1.807) is 0 Å². The molecule has 2 nitrogen and oxygen atoms in total. The van der Waals surface area contributed by atoms with Gasteiger partial charge in [-0.1, -0.05) is 29.8 Å². The van der Waals surface area contributed by atoms with Crippen molar-refractivity contribution in [1.82, 2.24) is 0 Å². The summed E-state index contributed by atoms with van der Waals surface area (Å²) < 4.78 is 40.3. The molecule has 1 rings (SSSR count). The van der Waals surface area contributed by atoms with Crippen molar-refractivity contribution in [2.75, 3.05) is 19.8 Å². The Hall–Kier alpha value is -1.07. The molecule has 0 bridgehead atoms. The number of hydrogen-bond acceptors (Lipinski definition) is 2. The van der Waals surface area contributed by atoms with Crippen LogP contribution in [0.5, 0.6) is 0 Å². The topological polar surface area (TPSA) is 35.2 Å². The van der Waals surface area contributed by atoms with E-state index in [2.05, 4.69) is 16.9 Å². The lowest BCUT2D eigenvalue weighted by molar-refractivity contribution is -0.174. The molecule has 0 radical (unpaired) electrons. The minimum atomic E-state index is -4.24. The molecule has 114 valence electrons. The van der Waals surface area contributed by atoms with Crippen molar-refractivity contribution in [3.05, 3.63) is 35.4 Å². The van der Waals surface area contributed by atoms with Gasteiger partial charge in [0, 0.05) is 6.61 Å². The highest BCUT2D eigenvalue weighted by atomic mass is 19.4. The Balaban J connectivity index is 2.26. The maximum absolute atomic E-state index is 11.9. The number of nitrogens with two attached hydrogens (primary N) is 1. The number of aryl methyl sites for hydroxylation is 1.